The predicted molar refractivity (Wildman–Crippen MR) is 113 cm³/mol. The number of allylic oxidation sites excluding steroid dienone is 1. The molecule has 2 aliphatic rings. The number of fused-ring (bicyclic) bond motifs is 1. The summed E-state index contributed by atoms with van der Waals surface area (Å²) in [6.07, 6.45) is -6.29. The smallest absolute Gasteiger partial charge is 0.393 e. The van der Waals surface area contributed by atoms with Crippen molar-refractivity contribution in [3.05, 3.63) is 12.2 Å². The summed E-state index contributed by atoms with van der Waals surface area (Å²) in [5.41, 5.74) is -6.76. The number of halogens is 6. The van der Waals surface area contributed by atoms with Gasteiger partial charge in [0.25, 0.3) is 5.60 Å². The van der Waals surface area contributed by atoms with E-state index in [1.807, 2.05) is 6.92 Å². The van der Waals surface area contributed by atoms with Gasteiger partial charge in [0.1, 0.15) is 0 Å². The predicted octanol–water partition coefficient (Wildman–Crippen LogP) is 6.31. The molecule has 0 aromatic heterocycles. The summed E-state index contributed by atoms with van der Waals surface area (Å²) in [5, 5.41) is 30.1. The van der Waals surface area contributed by atoms with E-state index >= 15 is 0 Å². The molecular weight excluding hydrogens is 450 g/mol. The zero-order valence-corrected chi connectivity index (χ0v) is 19.9. The maximum atomic E-state index is 13.1. The summed E-state index contributed by atoms with van der Waals surface area (Å²) in [6, 6.07) is 0. The molecule has 0 radical (unpaired) electrons. The molecule has 0 saturated heterocycles. The largest absolute Gasteiger partial charge is 0.429 e. The first-order valence-electron chi connectivity index (χ1n) is 11.7. The number of aliphatic hydroxyl groups excluding tert-OH is 1. The molecule has 194 valence electrons. The maximum absolute atomic E-state index is 13.1. The number of hydrogen-bond donors (Lipinski definition) is 3. The van der Waals surface area contributed by atoms with Crippen LogP contribution in [-0.4, -0.2) is 45.0 Å². The van der Waals surface area contributed by atoms with Crippen molar-refractivity contribution in [2.24, 2.45) is 22.7 Å². The van der Waals surface area contributed by atoms with Crippen LogP contribution in [0.3, 0.4) is 0 Å². The Morgan fingerprint density at radius 2 is 1.48 bits per heavy atom. The second-order valence-corrected chi connectivity index (χ2v) is 11.4. The van der Waals surface area contributed by atoms with Crippen LogP contribution in [0.25, 0.3) is 0 Å². The summed E-state index contributed by atoms with van der Waals surface area (Å²) in [5.74, 6) is 0.0393. The van der Waals surface area contributed by atoms with E-state index in [2.05, 4.69) is 6.92 Å². The van der Waals surface area contributed by atoms with E-state index in [4.69, 9.17) is 0 Å². The van der Waals surface area contributed by atoms with Gasteiger partial charge in [0.05, 0.1) is 11.7 Å². The van der Waals surface area contributed by atoms with Gasteiger partial charge in [-0.15, -0.1) is 0 Å². The van der Waals surface area contributed by atoms with E-state index in [1.165, 1.54) is 0 Å². The molecule has 0 unspecified atom stereocenters. The lowest BCUT2D eigenvalue weighted by molar-refractivity contribution is -0.347. The second-order valence-electron chi connectivity index (χ2n) is 11.4. The summed E-state index contributed by atoms with van der Waals surface area (Å²) < 4.78 is 78.6. The van der Waals surface area contributed by atoms with Gasteiger partial charge < -0.3 is 15.3 Å². The Morgan fingerprint density at radius 1 is 0.909 bits per heavy atom. The topological polar surface area (TPSA) is 60.7 Å². The van der Waals surface area contributed by atoms with Crippen LogP contribution in [0.2, 0.25) is 0 Å². The molecule has 5 atom stereocenters. The highest BCUT2D eigenvalue weighted by Crippen LogP contribution is 2.62. The van der Waals surface area contributed by atoms with E-state index in [0.717, 1.165) is 31.8 Å². The zero-order chi connectivity index (χ0) is 25.5. The minimum absolute atomic E-state index is 0.0127. The highest BCUT2D eigenvalue weighted by molar-refractivity contribution is 5.13. The highest BCUT2D eigenvalue weighted by Gasteiger charge is 2.69. The first-order valence-corrected chi connectivity index (χ1v) is 11.7. The fourth-order valence-electron chi connectivity index (χ4n) is 6.49. The number of aliphatic hydroxyl groups is 3. The van der Waals surface area contributed by atoms with Crippen molar-refractivity contribution < 1.29 is 41.7 Å². The number of rotatable bonds is 8. The van der Waals surface area contributed by atoms with Crippen LogP contribution < -0.4 is 0 Å². The first-order chi connectivity index (χ1) is 14.8. The molecule has 3 nitrogen and oxygen atoms in total. The lowest BCUT2D eigenvalue weighted by Crippen LogP contribution is -2.55. The Balaban J connectivity index is 2.35. The third-order valence-electron chi connectivity index (χ3n) is 8.27. The Hall–Kier alpha value is -0.800. The Bertz CT molecular complexity index is 682. The van der Waals surface area contributed by atoms with Crippen molar-refractivity contribution in [2.45, 2.75) is 115 Å². The van der Waals surface area contributed by atoms with Crippen molar-refractivity contribution in [1.82, 2.24) is 0 Å². The molecule has 2 fully saturated rings. The lowest BCUT2D eigenvalue weighted by Gasteiger charge is -2.50. The minimum Gasteiger partial charge on any atom is -0.393 e. The summed E-state index contributed by atoms with van der Waals surface area (Å²) >= 11 is 0. The molecule has 0 bridgehead atoms. The van der Waals surface area contributed by atoms with Crippen LogP contribution in [0.15, 0.2) is 12.2 Å². The van der Waals surface area contributed by atoms with Crippen LogP contribution in [0.5, 0.6) is 0 Å². The fourth-order valence-corrected chi connectivity index (χ4v) is 6.49. The standard InChI is InChI=1S/C24H38F6O3/c1-19(2,32)11-6-12-20(3,13-7-15-22(33,23(25,26)27)24(28,29)30)18-10-9-16-17(31)8-5-14-21(16,18)4/h7,15-18,31-33H,5-6,8-14H2,1-4H3/b15-7-/t16-,17-,18+,20+,21+/m0/s1. The summed E-state index contributed by atoms with van der Waals surface area (Å²) in [7, 11) is 0. The van der Waals surface area contributed by atoms with Gasteiger partial charge in [-0.1, -0.05) is 32.8 Å². The zero-order valence-electron chi connectivity index (χ0n) is 19.9. The van der Waals surface area contributed by atoms with E-state index in [-0.39, 0.29) is 29.7 Å². The van der Waals surface area contributed by atoms with Crippen LogP contribution >= 0.6 is 0 Å². The molecule has 2 saturated carbocycles. The Morgan fingerprint density at radius 3 is 2.00 bits per heavy atom. The summed E-state index contributed by atoms with van der Waals surface area (Å²) in [6.45, 7) is 7.27. The highest BCUT2D eigenvalue weighted by atomic mass is 19.4. The van der Waals surface area contributed by atoms with Crippen molar-refractivity contribution in [1.29, 1.82) is 0 Å². The van der Waals surface area contributed by atoms with Gasteiger partial charge in [-0.05, 0) is 87.5 Å². The molecule has 0 aromatic rings. The molecule has 2 rings (SSSR count). The molecule has 0 aliphatic heterocycles. The number of alkyl halides is 6. The van der Waals surface area contributed by atoms with Crippen molar-refractivity contribution in [3.8, 4) is 0 Å². The molecule has 9 heteroatoms. The first kappa shape index (κ1) is 28.4. The Kier molecular flexibility index (Phi) is 8.05. The van der Waals surface area contributed by atoms with E-state index in [1.54, 1.807) is 13.8 Å². The van der Waals surface area contributed by atoms with Gasteiger partial charge in [0, 0.05) is 0 Å². The van der Waals surface area contributed by atoms with Crippen LogP contribution in [0, 0.1) is 22.7 Å². The van der Waals surface area contributed by atoms with Crippen molar-refractivity contribution in [2.75, 3.05) is 0 Å². The normalized spacial score (nSPS) is 31.6. The maximum Gasteiger partial charge on any atom is 0.429 e. The van der Waals surface area contributed by atoms with Gasteiger partial charge in [0.2, 0.25) is 0 Å². The molecule has 0 amide bonds. The SMILES string of the molecule is CC(C)(O)CCC[C@](C)(C/C=C\C(O)(C(F)(F)F)C(F)(F)F)[C@H]1CC[C@H]2[C@@H](O)CCC[C@@]12C. The average molecular weight is 489 g/mol. The average Bonchev–Trinajstić information content (AvgIpc) is 2.97. The van der Waals surface area contributed by atoms with Crippen molar-refractivity contribution in [3.63, 3.8) is 0 Å². The van der Waals surface area contributed by atoms with Crippen LogP contribution in [0.4, 0.5) is 26.3 Å². The molecule has 33 heavy (non-hydrogen) atoms. The lowest BCUT2D eigenvalue weighted by atomic mass is 9.56. The van der Waals surface area contributed by atoms with E-state index in [9.17, 15) is 41.7 Å². The second kappa shape index (κ2) is 9.34. The third-order valence-corrected chi connectivity index (χ3v) is 8.27. The van der Waals surface area contributed by atoms with Gasteiger partial charge in [-0.2, -0.15) is 26.3 Å². The fraction of sp³-hybridized carbons (Fsp3) is 0.917. The molecular formula is C24H38F6O3. The van der Waals surface area contributed by atoms with Crippen LogP contribution in [-0.2, 0) is 0 Å². The van der Waals surface area contributed by atoms with Crippen molar-refractivity contribution >= 4 is 0 Å². The Labute approximate surface area is 192 Å². The van der Waals surface area contributed by atoms with Gasteiger partial charge >= 0.3 is 12.4 Å². The minimum atomic E-state index is -5.89. The van der Waals surface area contributed by atoms with Crippen LogP contribution in [0.1, 0.15) is 85.5 Å². The number of hydrogen-bond acceptors (Lipinski definition) is 3. The third kappa shape index (κ3) is 5.89. The van der Waals surface area contributed by atoms with E-state index < -0.39 is 35.1 Å². The van der Waals surface area contributed by atoms with Gasteiger partial charge in [-0.3, -0.25) is 0 Å². The molecule has 0 spiro atoms. The quantitative estimate of drug-likeness (QED) is 0.277. The summed E-state index contributed by atoms with van der Waals surface area (Å²) in [4.78, 5) is 0. The van der Waals surface area contributed by atoms with Gasteiger partial charge in [0.15, 0.2) is 0 Å². The molecule has 2 aliphatic carbocycles. The molecule has 3 N–H and O–H groups in total. The van der Waals surface area contributed by atoms with E-state index in [0.29, 0.717) is 25.7 Å². The molecule has 0 aromatic carbocycles. The molecule has 0 heterocycles. The van der Waals surface area contributed by atoms with Gasteiger partial charge in [-0.25, -0.2) is 0 Å². The monoisotopic (exact) mass is 488 g/mol.